The standard InChI is InChI=1S/C8H16O/c1-6(2)4-8-5-9-7(8)3/h6-8H,4-5H2,1-3H3/t7-,8-/m0/s1. The van der Waals surface area contributed by atoms with Crippen LogP contribution >= 0.6 is 0 Å². The minimum absolute atomic E-state index is 0.535. The summed E-state index contributed by atoms with van der Waals surface area (Å²) < 4.78 is 5.24. The lowest BCUT2D eigenvalue weighted by Gasteiger charge is -2.35. The average Bonchev–Trinajstić information content (AvgIpc) is 1.79. The summed E-state index contributed by atoms with van der Waals surface area (Å²) in [5.41, 5.74) is 0. The molecule has 1 saturated heterocycles. The van der Waals surface area contributed by atoms with Crippen molar-refractivity contribution < 1.29 is 4.74 Å². The van der Waals surface area contributed by atoms with Gasteiger partial charge < -0.3 is 4.74 Å². The third kappa shape index (κ3) is 1.68. The van der Waals surface area contributed by atoms with E-state index in [-0.39, 0.29) is 0 Å². The van der Waals surface area contributed by atoms with Gasteiger partial charge in [-0.2, -0.15) is 0 Å². The fraction of sp³-hybridized carbons (Fsp3) is 1.00. The largest absolute Gasteiger partial charge is 0.378 e. The molecule has 1 aliphatic rings. The van der Waals surface area contributed by atoms with Crippen molar-refractivity contribution in [2.75, 3.05) is 6.61 Å². The van der Waals surface area contributed by atoms with Gasteiger partial charge in [0.2, 0.25) is 0 Å². The first kappa shape index (κ1) is 7.07. The molecule has 0 aromatic heterocycles. The predicted molar refractivity (Wildman–Crippen MR) is 38.4 cm³/mol. The Balaban J connectivity index is 2.13. The molecule has 0 unspecified atom stereocenters. The topological polar surface area (TPSA) is 9.23 Å². The Hall–Kier alpha value is -0.0400. The normalized spacial score (nSPS) is 34.7. The van der Waals surface area contributed by atoms with Gasteiger partial charge in [0.15, 0.2) is 0 Å². The summed E-state index contributed by atoms with van der Waals surface area (Å²) in [6.07, 6.45) is 1.87. The zero-order valence-electron chi connectivity index (χ0n) is 6.55. The summed E-state index contributed by atoms with van der Waals surface area (Å²) in [7, 11) is 0. The van der Waals surface area contributed by atoms with Gasteiger partial charge in [-0.15, -0.1) is 0 Å². The van der Waals surface area contributed by atoms with Crippen molar-refractivity contribution >= 4 is 0 Å². The van der Waals surface area contributed by atoms with Crippen LogP contribution < -0.4 is 0 Å². The molecule has 0 N–H and O–H groups in total. The highest BCUT2D eigenvalue weighted by atomic mass is 16.5. The van der Waals surface area contributed by atoms with E-state index in [2.05, 4.69) is 20.8 Å². The van der Waals surface area contributed by atoms with E-state index in [1.54, 1.807) is 0 Å². The van der Waals surface area contributed by atoms with E-state index >= 15 is 0 Å². The van der Waals surface area contributed by atoms with Crippen LogP contribution in [0.5, 0.6) is 0 Å². The molecule has 0 aliphatic carbocycles. The van der Waals surface area contributed by atoms with Gasteiger partial charge in [0.05, 0.1) is 12.7 Å². The van der Waals surface area contributed by atoms with Crippen LogP contribution in [0.25, 0.3) is 0 Å². The molecule has 0 radical (unpaired) electrons. The first-order valence-electron chi connectivity index (χ1n) is 3.81. The Bertz CT molecular complexity index is 88.6. The van der Waals surface area contributed by atoms with E-state index in [0.29, 0.717) is 6.10 Å². The fourth-order valence-electron chi connectivity index (χ4n) is 1.29. The van der Waals surface area contributed by atoms with E-state index in [4.69, 9.17) is 4.74 Å². The van der Waals surface area contributed by atoms with Crippen molar-refractivity contribution in [1.82, 2.24) is 0 Å². The highest BCUT2D eigenvalue weighted by Gasteiger charge is 2.27. The second-order valence-corrected chi connectivity index (χ2v) is 3.43. The number of ether oxygens (including phenoxy) is 1. The third-order valence-electron chi connectivity index (χ3n) is 2.01. The molecule has 1 heterocycles. The zero-order valence-corrected chi connectivity index (χ0v) is 6.55. The molecule has 0 saturated carbocycles. The van der Waals surface area contributed by atoms with Crippen molar-refractivity contribution in [3.8, 4) is 0 Å². The van der Waals surface area contributed by atoms with Crippen LogP contribution in [0.4, 0.5) is 0 Å². The van der Waals surface area contributed by atoms with E-state index in [1.807, 2.05) is 0 Å². The van der Waals surface area contributed by atoms with Crippen LogP contribution in [0, 0.1) is 11.8 Å². The maximum Gasteiger partial charge on any atom is 0.0597 e. The van der Waals surface area contributed by atoms with Gasteiger partial charge in [-0.25, -0.2) is 0 Å². The van der Waals surface area contributed by atoms with Gasteiger partial charge in [-0.05, 0) is 19.3 Å². The maximum atomic E-state index is 5.24. The first-order chi connectivity index (χ1) is 4.20. The Morgan fingerprint density at radius 3 is 2.33 bits per heavy atom. The summed E-state index contributed by atoms with van der Waals surface area (Å²) in [6.45, 7) is 7.70. The molecule has 0 spiro atoms. The molecule has 0 amide bonds. The Kier molecular flexibility index (Phi) is 2.12. The van der Waals surface area contributed by atoms with Gasteiger partial charge in [0, 0.05) is 5.92 Å². The molecule has 54 valence electrons. The lowest BCUT2D eigenvalue weighted by Crippen LogP contribution is -2.37. The van der Waals surface area contributed by atoms with Crippen molar-refractivity contribution in [2.45, 2.75) is 33.3 Å². The summed E-state index contributed by atoms with van der Waals surface area (Å²) >= 11 is 0. The molecule has 0 aromatic rings. The second kappa shape index (κ2) is 2.70. The van der Waals surface area contributed by atoms with Crippen LogP contribution in [0.15, 0.2) is 0 Å². The summed E-state index contributed by atoms with van der Waals surface area (Å²) in [4.78, 5) is 0. The van der Waals surface area contributed by atoms with Gasteiger partial charge in [-0.3, -0.25) is 0 Å². The molecule has 1 nitrogen and oxygen atoms in total. The predicted octanol–water partition coefficient (Wildman–Crippen LogP) is 2.07. The van der Waals surface area contributed by atoms with Gasteiger partial charge >= 0.3 is 0 Å². The Morgan fingerprint density at radius 1 is 1.56 bits per heavy atom. The molecule has 0 bridgehead atoms. The van der Waals surface area contributed by atoms with Crippen LogP contribution in [-0.2, 0) is 4.74 Å². The second-order valence-electron chi connectivity index (χ2n) is 3.43. The fourth-order valence-corrected chi connectivity index (χ4v) is 1.29. The molecular formula is C8H16O. The van der Waals surface area contributed by atoms with Crippen LogP contribution in [0.1, 0.15) is 27.2 Å². The van der Waals surface area contributed by atoms with Crippen molar-refractivity contribution in [3.63, 3.8) is 0 Å². The van der Waals surface area contributed by atoms with Crippen molar-refractivity contribution in [1.29, 1.82) is 0 Å². The molecule has 1 aliphatic heterocycles. The van der Waals surface area contributed by atoms with E-state index in [1.165, 1.54) is 6.42 Å². The highest BCUT2D eigenvalue weighted by molar-refractivity contribution is 4.75. The summed E-state index contributed by atoms with van der Waals surface area (Å²) in [5, 5.41) is 0. The number of rotatable bonds is 2. The van der Waals surface area contributed by atoms with E-state index in [9.17, 15) is 0 Å². The Morgan fingerprint density at radius 2 is 2.22 bits per heavy atom. The minimum atomic E-state index is 0.535. The van der Waals surface area contributed by atoms with Crippen LogP contribution in [0.2, 0.25) is 0 Å². The molecule has 2 atom stereocenters. The van der Waals surface area contributed by atoms with Gasteiger partial charge in [0.1, 0.15) is 0 Å². The molecule has 9 heavy (non-hydrogen) atoms. The smallest absolute Gasteiger partial charge is 0.0597 e. The van der Waals surface area contributed by atoms with Crippen LogP contribution in [-0.4, -0.2) is 12.7 Å². The van der Waals surface area contributed by atoms with E-state index < -0.39 is 0 Å². The molecule has 1 fully saturated rings. The molecule has 1 rings (SSSR count). The quantitative estimate of drug-likeness (QED) is 0.553. The first-order valence-corrected chi connectivity index (χ1v) is 3.81. The van der Waals surface area contributed by atoms with Crippen molar-refractivity contribution in [2.24, 2.45) is 11.8 Å². The molecular weight excluding hydrogens is 112 g/mol. The number of hydrogen-bond donors (Lipinski definition) is 0. The average molecular weight is 128 g/mol. The van der Waals surface area contributed by atoms with Crippen LogP contribution in [0.3, 0.4) is 0 Å². The van der Waals surface area contributed by atoms with Gasteiger partial charge in [0.25, 0.3) is 0 Å². The Labute approximate surface area is 57.4 Å². The zero-order chi connectivity index (χ0) is 6.85. The lowest BCUT2D eigenvalue weighted by atomic mass is 9.90. The SMILES string of the molecule is CC(C)C[C@H]1CO[C@H]1C. The lowest BCUT2D eigenvalue weighted by molar-refractivity contribution is -0.109. The van der Waals surface area contributed by atoms with E-state index in [0.717, 1.165) is 18.4 Å². The third-order valence-corrected chi connectivity index (χ3v) is 2.01. The monoisotopic (exact) mass is 128 g/mol. The van der Waals surface area contributed by atoms with Gasteiger partial charge in [-0.1, -0.05) is 13.8 Å². The summed E-state index contributed by atoms with van der Waals surface area (Å²) in [5.74, 6) is 1.69. The molecule has 1 heteroatoms. The maximum absolute atomic E-state index is 5.24. The molecule has 0 aromatic carbocycles. The summed E-state index contributed by atoms with van der Waals surface area (Å²) in [6, 6.07) is 0. The highest BCUT2D eigenvalue weighted by Crippen LogP contribution is 2.26. The number of hydrogen-bond acceptors (Lipinski definition) is 1. The van der Waals surface area contributed by atoms with Crippen molar-refractivity contribution in [3.05, 3.63) is 0 Å². The minimum Gasteiger partial charge on any atom is -0.378 e.